The van der Waals surface area contributed by atoms with Crippen molar-refractivity contribution in [2.45, 2.75) is 13.3 Å². The molecule has 4 heteroatoms. The number of hydrogen-bond acceptors (Lipinski definition) is 3. The smallest absolute Gasteiger partial charge is 0.253 e. The molecule has 1 unspecified atom stereocenters. The number of hydrogen-bond donors (Lipinski definition) is 0. The molecule has 118 valence electrons. The summed E-state index contributed by atoms with van der Waals surface area (Å²) in [6, 6.07) is 16.6. The van der Waals surface area contributed by atoms with Crippen molar-refractivity contribution in [3.8, 4) is 11.5 Å². The number of ether oxygens (including phenoxy) is 1. The van der Waals surface area contributed by atoms with E-state index in [1.54, 1.807) is 29.2 Å². The van der Waals surface area contributed by atoms with Crippen molar-refractivity contribution in [1.29, 1.82) is 0 Å². The summed E-state index contributed by atoms with van der Waals surface area (Å²) in [7, 11) is 0. The molecule has 1 atom stereocenters. The third kappa shape index (κ3) is 3.59. The highest BCUT2D eigenvalue weighted by Gasteiger charge is 2.27. The van der Waals surface area contributed by atoms with Crippen LogP contribution < -0.4 is 4.74 Å². The summed E-state index contributed by atoms with van der Waals surface area (Å²) in [4.78, 5) is 25.8. The van der Waals surface area contributed by atoms with Gasteiger partial charge in [-0.05, 0) is 36.4 Å². The summed E-state index contributed by atoms with van der Waals surface area (Å²) < 4.78 is 5.72. The van der Waals surface area contributed by atoms with Crippen LogP contribution in [0.15, 0.2) is 54.6 Å². The number of para-hydroxylation sites is 1. The van der Waals surface area contributed by atoms with Gasteiger partial charge in [0.15, 0.2) is 0 Å². The molecule has 0 saturated carbocycles. The maximum Gasteiger partial charge on any atom is 0.253 e. The number of carbonyl (C=O) groups is 2. The molecule has 0 aliphatic carbocycles. The summed E-state index contributed by atoms with van der Waals surface area (Å²) in [6.07, 6.45) is 0.447. The standard InChI is InChI=1S/C19H19NO3/c1-14-13-20(12-11-18(14)21)19(22)15-7-9-17(10-8-15)23-16-5-3-2-4-6-16/h2-10,14H,11-13H2,1H3. The van der Waals surface area contributed by atoms with Crippen molar-refractivity contribution in [3.63, 3.8) is 0 Å². The van der Waals surface area contributed by atoms with E-state index < -0.39 is 0 Å². The number of ketones is 1. The molecule has 0 N–H and O–H groups in total. The Balaban J connectivity index is 1.67. The zero-order valence-electron chi connectivity index (χ0n) is 13.1. The van der Waals surface area contributed by atoms with Crippen molar-refractivity contribution >= 4 is 11.7 Å². The lowest BCUT2D eigenvalue weighted by molar-refractivity contribution is -0.124. The predicted molar refractivity (Wildman–Crippen MR) is 87.6 cm³/mol. The Morgan fingerprint density at radius 3 is 2.35 bits per heavy atom. The lowest BCUT2D eigenvalue weighted by Gasteiger charge is -2.30. The number of piperidine rings is 1. The summed E-state index contributed by atoms with van der Waals surface area (Å²) in [6.45, 7) is 2.88. The number of amides is 1. The zero-order valence-corrected chi connectivity index (χ0v) is 13.1. The molecule has 0 aromatic heterocycles. The molecule has 1 fully saturated rings. The molecule has 2 aromatic rings. The van der Waals surface area contributed by atoms with Crippen molar-refractivity contribution in [1.82, 2.24) is 4.90 Å². The molecular formula is C19H19NO3. The Labute approximate surface area is 135 Å². The predicted octanol–water partition coefficient (Wildman–Crippen LogP) is 3.53. The Morgan fingerprint density at radius 2 is 1.70 bits per heavy atom. The van der Waals surface area contributed by atoms with E-state index in [0.717, 1.165) is 5.75 Å². The van der Waals surface area contributed by atoms with E-state index in [-0.39, 0.29) is 17.6 Å². The first-order valence-corrected chi connectivity index (χ1v) is 7.78. The largest absolute Gasteiger partial charge is 0.457 e. The van der Waals surface area contributed by atoms with Gasteiger partial charge in [0.05, 0.1) is 0 Å². The fraction of sp³-hybridized carbons (Fsp3) is 0.263. The van der Waals surface area contributed by atoms with Gasteiger partial charge in [0, 0.05) is 31.0 Å². The number of nitrogens with zero attached hydrogens (tertiary/aromatic N) is 1. The van der Waals surface area contributed by atoms with Gasteiger partial charge in [0.25, 0.3) is 5.91 Å². The fourth-order valence-corrected chi connectivity index (χ4v) is 2.67. The molecule has 2 aromatic carbocycles. The van der Waals surface area contributed by atoms with Crippen LogP contribution in [0.3, 0.4) is 0 Å². The van der Waals surface area contributed by atoms with Crippen LogP contribution >= 0.6 is 0 Å². The summed E-state index contributed by atoms with van der Waals surface area (Å²) in [5, 5.41) is 0. The molecule has 1 amide bonds. The van der Waals surface area contributed by atoms with E-state index in [9.17, 15) is 9.59 Å². The average molecular weight is 309 g/mol. The highest BCUT2D eigenvalue weighted by atomic mass is 16.5. The number of benzene rings is 2. The first-order valence-electron chi connectivity index (χ1n) is 7.78. The van der Waals surface area contributed by atoms with E-state index in [1.165, 1.54) is 0 Å². The summed E-state index contributed by atoms with van der Waals surface area (Å²) >= 11 is 0. The second kappa shape index (κ2) is 6.65. The van der Waals surface area contributed by atoms with Crippen LogP contribution in [-0.2, 0) is 4.79 Å². The van der Waals surface area contributed by atoms with Crippen LogP contribution in [0.25, 0.3) is 0 Å². The fourth-order valence-electron chi connectivity index (χ4n) is 2.67. The van der Waals surface area contributed by atoms with E-state index in [4.69, 9.17) is 4.74 Å². The van der Waals surface area contributed by atoms with Gasteiger partial charge in [-0.25, -0.2) is 0 Å². The molecule has 1 aliphatic heterocycles. The lowest BCUT2D eigenvalue weighted by Crippen LogP contribution is -2.43. The second-order valence-corrected chi connectivity index (χ2v) is 5.81. The molecule has 1 saturated heterocycles. The normalized spacial score (nSPS) is 17.9. The molecule has 0 spiro atoms. The van der Waals surface area contributed by atoms with E-state index >= 15 is 0 Å². The van der Waals surface area contributed by atoms with Gasteiger partial charge in [-0.15, -0.1) is 0 Å². The van der Waals surface area contributed by atoms with Gasteiger partial charge < -0.3 is 9.64 Å². The van der Waals surface area contributed by atoms with Gasteiger partial charge in [0.1, 0.15) is 17.3 Å². The Bertz CT molecular complexity index is 694. The Kier molecular flexibility index (Phi) is 4.42. The first kappa shape index (κ1) is 15.3. The van der Waals surface area contributed by atoms with Crippen LogP contribution in [0.4, 0.5) is 0 Å². The van der Waals surface area contributed by atoms with Gasteiger partial charge in [0.2, 0.25) is 0 Å². The van der Waals surface area contributed by atoms with E-state index in [0.29, 0.717) is 30.8 Å². The minimum absolute atomic E-state index is 0.0318. The van der Waals surface area contributed by atoms with Crippen molar-refractivity contribution in [2.75, 3.05) is 13.1 Å². The van der Waals surface area contributed by atoms with E-state index in [2.05, 4.69) is 0 Å². The van der Waals surface area contributed by atoms with Gasteiger partial charge >= 0.3 is 0 Å². The number of rotatable bonds is 3. The molecule has 3 rings (SSSR count). The highest BCUT2D eigenvalue weighted by Crippen LogP contribution is 2.22. The molecule has 4 nitrogen and oxygen atoms in total. The number of likely N-dealkylation sites (tertiary alicyclic amines) is 1. The quantitative estimate of drug-likeness (QED) is 0.871. The van der Waals surface area contributed by atoms with Crippen LogP contribution in [0, 0.1) is 5.92 Å². The number of carbonyl (C=O) groups excluding carboxylic acids is 2. The van der Waals surface area contributed by atoms with Crippen molar-refractivity contribution in [2.24, 2.45) is 5.92 Å². The molecule has 0 bridgehead atoms. The van der Waals surface area contributed by atoms with Gasteiger partial charge in [-0.3, -0.25) is 9.59 Å². The molecule has 0 radical (unpaired) electrons. The van der Waals surface area contributed by atoms with Crippen molar-refractivity contribution in [3.05, 3.63) is 60.2 Å². The maximum absolute atomic E-state index is 12.5. The van der Waals surface area contributed by atoms with Crippen LogP contribution in [-0.4, -0.2) is 29.7 Å². The average Bonchev–Trinajstić information content (AvgIpc) is 2.58. The minimum Gasteiger partial charge on any atom is -0.457 e. The number of Topliss-reactive ketones (excluding diaryl/α,β-unsaturated/α-hetero) is 1. The molecule has 1 heterocycles. The Morgan fingerprint density at radius 1 is 1.04 bits per heavy atom. The SMILES string of the molecule is CC1CN(C(=O)c2ccc(Oc3ccccc3)cc2)CCC1=O. The second-order valence-electron chi connectivity index (χ2n) is 5.81. The summed E-state index contributed by atoms with van der Waals surface area (Å²) in [5.74, 6) is 1.58. The highest BCUT2D eigenvalue weighted by molar-refractivity contribution is 5.95. The van der Waals surface area contributed by atoms with Crippen LogP contribution in [0.5, 0.6) is 11.5 Å². The third-order valence-corrected chi connectivity index (χ3v) is 4.04. The minimum atomic E-state index is -0.0756. The maximum atomic E-state index is 12.5. The topological polar surface area (TPSA) is 46.6 Å². The van der Waals surface area contributed by atoms with Crippen molar-refractivity contribution < 1.29 is 14.3 Å². The van der Waals surface area contributed by atoms with E-state index in [1.807, 2.05) is 37.3 Å². The van der Waals surface area contributed by atoms with Crippen LogP contribution in [0.1, 0.15) is 23.7 Å². The van der Waals surface area contributed by atoms with Gasteiger partial charge in [-0.2, -0.15) is 0 Å². The monoisotopic (exact) mass is 309 g/mol. The molecule has 23 heavy (non-hydrogen) atoms. The summed E-state index contributed by atoms with van der Waals surface area (Å²) in [5.41, 5.74) is 0.618. The zero-order chi connectivity index (χ0) is 16.2. The molecular weight excluding hydrogens is 290 g/mol. The Hall–Kier alpha value is -2.62. The molecule has 1 aliphatic rings. The third-order valence-electron chi connectivity index (χ3n) is 4.04. The van der Waals surface area contributed by atoms with Crippen LogP contribution in [0.2, 0.25) is 0 Å². The van der Waals surface area contributed by atoms with Gasteiger partial charge in [-0.1, -0.05) is 25.1 Å². The first-order chi connectivity index (χ1) is 11.1. The lowest BCUT2D eigenvalue weighted by atomic mass is 9.98.